The van der Waals surface area contributed by atoms with E-state index < -0.39 is 29.2 Å². The first kappa shape index (κ1) is 19.0. The Balaban J connectivity index is 2.37. The minimum Gasteiger partial charge on any atom is -0.481 e. The molecule has 1 aliphatic heterocycles. The Labute approximate surface area is 146 Å². The third-order valence-corrected chi connectivity index (χ3v) is 4.19. The van der Waals surface area contributed by atoms with Gasteiger partial charge in [0.05, 0.1) is 24.8 Å². The Bertz CT molecular complexity index is 657. The highest BCUT2D eigenvalue weighted by Crippen LogP contribution is 2.36. The molecule has 2 atom stereocenters. The smallest absolute Gasteiger partial charge is 0.407 e. The van der Waals surface area contributed by atoms with Crippen molar-refractivity contribution in [2.75, 3.05) is 20.2 Å². The van der Waals surface area contributed by atoms with Gasteiger partial charge in [-0.25, -0.2) is 9.78 Å². The second-order valence-electron chi connectivity index (χ2n) is 7.11. The van der Waals surface area contributed by atoms with Crippen LogP contribution in [0.4, 0.5) is 4.79 Å². The number of hydrogen-bond donors (Lipinski definition) is 2. The summed E-state index contributed by atoms with van der Waals surface area (Å²) in [6.45, 7) is 5.04. The SMILES string of the molecule is COc1cccc(C2(O)CCN(C(=O)O)CC2OC(=O)C(C)(C)C)n1. The van der Waals surface area contributed by atoms with Crippen molar-refractivity contribution in [3.8, 4) is 5.88 Å². The molecule has 8 nitrogen and oxygen atoms in total. The highest BCUT2D eigenvalue weighted by molar-refractivity contribution is 5.75. The van der Waals surface area contributed by atoms with E-state index in [0.717, 1.165) is 4.90 Å². The Hall–Kier alpha value is -2.35. The topological polar surface area (TPSA) is 109 Å². The lowest BCUT2D eigenvalue weighted by Crippen LogP contribution is -2.57. The summed E-state index contributed by atoms with van der Waals surface area (Å²) >= 11 is 0. The molecule has 2 rings (SSSR count). The van der Waals surface area contributed by atoms with E-state index in [9.17, 15) is 19.8 Å². The number of carboxylic acid groups (broad SMARTS) is 1. The predicted molar refractivity (Wildman–Crippen MR) is 88.2 cm³/mol. The van der Waals surface area contributed by atoms with Gasteiger partial charge in [-0.05, 0) is 26.8 Å². The van der Waals surface area contributed by atoms with Crippen molar-refractivity contribution in [3.05, 3.63) is 23.9 Å². The van der Waals surface area contributed by atoms with Gasteiger partial charge in [0.1, 0.15) is 5.60 Å². The predicted octanol–water partition coefficient (Wildman–Crippen LogP) is 1.62. The summed E-state index contributed by atoms with van der Waals surface area (Å²) in [6, 6.07) is 4.91. The Kier molecular flexibility index (Phi) is 5.22. The molecule has 0 bridgehead atoms. The van der Waals surface area contributed by atoms with Gasteiger partial charge in [0.15, 0.2) is 6.10 Å². The number of methoxy groups -OCH3 is 1. The number of hydrogen-bond acceptors (Lipinski definition) is 6. The lowest BCUT2D eigenvalue weighted by atomic mass is 9.84. The number of aromatic nitrogens is 1. The molecule has 1 amide bonds. The van der Waals surface area contributed by atoms with E-state index >= 15 is 0 Å². The fourth-order valence-electron chi connectivity index (χ4n) is 2.59. The molecule has 1 saturated heterocycles. The zero-order valence-corrected chi connectivity index (χ0v) is 14.9. The summed E-state index contributed by atoms with van der Waals surface area (Å²) < 4.78 is 10.6. The second kappa shape index (κ2) is 6.87. The number of piperidine rings is 1. The van der Waals surface area contributed by atoms with Gasteiger partial charge in [-0.15, -0.1) is 0 Å². The van der Waals surface area contributed by atoms with E-state index in [2.05, 4.69) is 4.98 Å². The number of carbonyl (C=O) groups excluding carboxylic acids is 1. The van der Waals surface area contributed by atoms with Gasteiger partial charge >= 0.3 is 12.1 Å². The molecule has 2 N–H and O–H groups in total. The van der Waals surface area contributed by atoms with Gasteiger partial charge in [0.25, 0.3) is 0 Å². The van der Waals surface area contributed by atoms with Crippen LogP contribution in [0.2, 0.25) is 0 Å². The molecule has 8 heteroatoms. The van der Waals surface area contributed by atoms with Gasteiger partial charge in [-0.2, -0.15) is 0 Å². The van der Waals surface area contributed by atoms with E-state index in [-0.39, 0.29) is 25.2 Å². The van der Waals surface area contributed by atoms with E-state index in [1.165, 1.54) is 7.11 Å². The van der Waals surface area contributed by atoms with E-state index in [1.807, 2.05) is 0 Å². The first-order valence-electron chi connectivity index (χ1n) is 8.01. The van der Waals surface area contributed by atoms with Crippen molar-refractivity contribution < 1.29 is 29.3 Å². The van der Waals surface area contributed by atoms with Crippen LogP contribution in [0.15, 0.2) is 18.2 Å². The fourth-order valence-corrected chi connectivity index (χ4v) is 2.59. The van der Waals surface area contributed by atoms with Crippen molar-refractivity contribution in [1.82, 2.24) is 9.88 Å². The number of ether oxygens (including phenoxy) is 2. The van der Waals surface area contributed by atoms with Crippen LogP contribution in [-0.4, -0.2) is 58.5 Å². The summed E-state index contributed by atoms with van der Waals surface area (Å²) in [7, 11) is 1.46. The number of pyridine rings is 1. The number of amides is 1. The molecule has 1 aliphatic rings. The zero-order chi connectivity index (χ0) is 18.8. The van der Waals surface area contributed by atoms with Crippen LogP contribution in [-0.2, 0) is 15.1 Å². The number of rotatable bonds is 3. The largest absolute Gasteiger partial charge is 0.481 e. The third-order valence-electron chi connectivity index (χ3n) is 4.19. The quantitative estimate of drug-likeness (QED) is 0.796. The van der Waals surface area contributed by atoms with Gasteiger partial charge in [-0.1, -0.05) is 6.07 Å². The highest BCUT2D eigenvalue weighted by Gasteiger charge is 2.48. The average molecular weight is 352 g/mol. The summed E-state index contributed by atoms with van der Waals surface area (Å²) in [6.07, 6.45) is -2.14. The molecule has 0 spiro atoms. The fraction of sp³-hybridized carbons (Fsp3) is 0.588. The van der Waals surface area contributed by atoms with Crippen LogP contribution in [0.25, 0.3) is 0 Å². The molecule has 0 aliphatic carbocycles. The Morgan fingerprint density at radius 1 is 1.36 bits per heavy atom. The van der Waals surface area contributed by atoms with Crippen molar-refractivity contribution in [2.24, 2.45) is 5.41 Å². The Morgan fingerprint density at radius 2 is 2.04 bits per heavy atom. The summed E-state index contributed by atoms with van der Waals surface area (Å²) in [5, 5.41) is 20.5. The van der Waals surface area contributed by atoms with Gasteiger partial charge in [0, 0.05) is 19.0 Å². The summed E-state index contributed by atoms with van der Waals surface area (Å²) in [5.74, 6) is -0.210. The lowest BCUT2D eigenvalue weighted by molar-refractivity contribution is -0.186. The Morgan fingerprint density at radius 3 is 2.60 bits per heavy atom. The molecule has 1 aromatic rings. The van der Waals surface area contributed by atoms with Crippen LogP contribution < -0.4 is 4.74 Å². The monoisotopic (exact) mass is 352 g/mol. The van der Waals surface area contributed by atoms with Crippen molar-refractivity contribution in [2.45, 2.75) is 38.9 Å². The molecule has 2 heterocycles. The average Bonchev–Trinajstić information content (AvgIpc) is 2.55. The van der Waals surface area contributed by atoms with E-state index in [0.29, 0.717) is 5.88 Å². The van der Waals surface area contributed by atoms with Gasteiger partial charge in [0.2, 0.25) is 5.88 Å². The molecule has 1 aromatic heterocycles. The van der Waals surface area contributed by atoms with E-state index in [4.69, 9.17) is 9.47 Å². The first-order valence-corrected chi connectivity index (χ1v) is 8.01. The maximum Gasteiger partial charge on any atom is 0.407 e. The molecule has 2 unspecified atom stereocenters. The van der Waals surface area contributed by atoms with Crippen molar-refractivity contribution >= 4 is 12.1 Å². The minimum absolute atomic E-state index is 0.0571. The van der Waals surface area contributed by atoms with Gasteiger partial charge in [-0.3, -0.25) is 4.79 Å². The molecule has 1 fully saturated rings. The third kappa shape index (κ3) is 4.01. The maximum absolute atomic E-state index is 12.3. The maximum atomic E-state index is 12.3. The molecule has 25 heavy (non-hydrogen) atoms. The number of nitrogens with zero attached hydrogens (tertiary/aromatic N) is 2. The molecule has 0 aromatic carbocycles. The lowest BCUT2D eigenvalue weighted by Gasteiger charge is -2.43. The van der Waals surface area contributed by atoms with Crippen molar-refractivity contribution in [1.29, 1.82) is 0 Å². The summed E-state index contributed by atoms with van der Waals surface area (Å²) in [5.41, 5.74) is -2.10. The highest BCUT2D eigenvalue weighted by atomic mass is 16.6. The van der Waals surface area contributed by atoms with Crippen LogP contribution in [0, 0.1) is 5.41 Å². The standard InChI is InChI=1S/C17H24N2O6/c1-16(2,3)14(20)25-12-10-19(15(21)22)9-8-17(12,23)11-6-5-7-13(18-11)24-4/h5-7,12,23H,8-10H2,1-4H3,(H,21,22). The normalized spacial score (nSPS) is 23.9. The van der Waals surface area contributed by atoms with Crippen LogP contribution >= 0.6 is 0 Å². The minimum atomic E-state index is -1.60. The second-order valence-corrected chi connectivity index (χ2v) is 7.11. The van der Waals surface area contributed by atoms with Crippen LogP contribution in [0.1, 0.15) is 32.9 Å². The zero-order valence-electron chi connectivity index (χ0n) is 14.9. The van der Waals surface area contributed by atoms with Crippen molar-refractivity contribution in [3.63, 3.8) is 0 Å². The first-order chi connectivity index (χ1) is 11.6. The number of likely N-dealkylation sites (tertiary alicyclic amines) is 1. The molecular formula is C17H24N2O6. The van der Waals surface area contributed by atoms with Crippen LogP contribution in [0.3, 0.4) is 0 Å². The molecule has 0 radical (unpaired) electrons. The van der Waals surface area contributed by atoms with E-state index in [1.54, 1.807) is 39.0 Å². The molecule has 0 saturated carbocycles. The number of esters is 1. The molecular weight excluding hydrogens is 328 g/mol. The van der Waals surface area contributed by atoms with Gasteiger partial charge < -0.3 is 24.6 Å². The molecule has 138 valence electrons. The number of aliphatic hydroxyl groups is 1. The van der Waals surface area contributed by atoms with Crippen LogP contribution in [0.5, 0.6) is 5.88 Å². The number of carbonyl (C=O) groups is 2. The summed E-state index contributed by atoms with van der Waals surface area (Å²) in [4.78, 5) is 29.0.